The Morgan fingerprint density at radius 3 is 3.00 bits per heavy atom. The number of imidazole rings is 1. The molecule has 0 aliphatic rings. The van der Waals surface area contributed by atoms with Crippen molar-refractivity contribution >= 4 is 16.9 Å². The van der Waals surface area contributed by atoms with Crippen molar-refractivity contribution in [1.29, 1.82) is 0 Å². The Kier molecular flexibility index (Phi) is 2.15. The maximum Gasteiger partial charge on any atom is 0.260 e. The first-order valence-corrected chi connectivity index (χ1v) is 4.71. The predicted octanol–water partition coefficient (Wildman–Crippen LogP) is 0.854. The lowest BCUT2D eigenvalue weighted by Crippen LogP contribution is -2.17. The summed E-state index contributed by atoms with van der Waals surface area (Å²) in [6.07, 6.45) is 1.92. The number of carbonyl (C=O) groups is 1. The summed E-state index contributed by atoms with van der Waals surface area (Å²) in [6, 6.07) is 1.54. The van der Waals surface area contributed by atoms with Gasteiger partial charge in [0, 0.05) is 13.5 Å². The van der Waals surface area contributed by atoms with Crippen LogP contribution in [0.3, 0.4) is 0 Å². The van der Waals surface area contributed by atoms with Crippen LogP contribution in [0.15, 0.2) is 17.2 Å². The molecule has 0 saturated heterocycles. The summed E-state index contributed by atoms with van der Waals surface area (Å²) in [5, 5.41) is 0. The van der Waals surface area contributed by atoms with Gasteiger partial charge in [0.1, 0.15) is 11.2 Å². The van der Waals surface area contributed by atoms with Gasteiger partial charge in [-0.1, -0.05) is 6.92 Å². The van der Waals surface area contributed by atoms with E-state index in [-0.39, 0.29) is 16.9 Å². The van der Waals surface area contributed by atoms with Gasteiger partial charge in [0.2, 0.25) is 0 Å². The Hall–Kier alpha value is -1.91. The number of fused-ring (bicyclic) bond motifs is 1. The van der Waals surface area contributed by atoms with Crippen molar-refractivity contribution in [3.63, 3.8) is 0 Å². The number of hydrogen-bond acceptors (Lipinski definition) is 3. The first kappa shape index (κ1) is 9.64. The molecule has 5 nitrogen and oxygen atoms in total. The third-order valence-electron chi connectivity index (χ3n) is 2.34. The summed E-state index contributed by atoms with van der Waals surface area (Å²) in [5.41, 5.74) is 1.10. The topological polar surface area (TPSA) is 67.8 Å². The van der Waals surface area contributed by atoms with E-state index in [4.69, 9.17) is 0 Å². The summed E-state index contributed by atoms with van der Waals surface area (Å²) in [5.74, 6) is -0.163. The quantitative estimate of drug-likeness (QED) is 0.739. The average molecular weight is 205 g/mol. The maximum atomic E-state index is 11.6. The minimum Gasteiger partial charge on any atom is -0.320 e. The number of nitrogens with zero attached hydrogens (tertiary/aromatic N) is 2. The van der Waals surface area contributed by atoms with Gasteiger partial charge in [-0.05, 0) is 6.07 Å². The molecule has 2 aromatic rings. The Morgan fingerprint density at radius 2 is 2.33 bits per heavy atom. The van der Waals surface area contributed by atoms with Crippen molar-refractivity contribution in [2.24, 2.45) is 7.05 Å². The number of pyridine rings is 1. The van der Waals surface area contributed by atoms with Crippen molar-refractivity contribution in [2.75, 3.05) is 0 Å². The molecule has 0 aliphatic carbocycles. The number of hydrogen-bond donors (Lipinski definition) is 1. The predicted molar refractivity (Wildman–Crippen MR) is 56.0 cm³/mol. The Labute approximate surface area is 85.8 Å². The van der Waals surface area contributed by atoms with Gasteiger partial charge in [-0.2, -0.15) is 0 Å². The number of carbonyl (C=O) groups excluding carboxylic acids is 1. The van der Waals surface area contributed by atoms with Gasteiger partial charge >= 0.3 is 0 Å². The fourth-order valence-corrected chi connectivity index (χ4v) is 1.48. The van der Waals surface area contributed by atoms with E-state index in [1.165, 1.54) is 0 Å². The van der Waals surface area contributed by atoms with Gasteiger partial charge in [-0.3, -0.25) is 9.59 Å². The number of ketones is 1. The van der Waals surface area contributed by atoms with Crippen LogP contribution in [-0.4, -0.2) is 20.3 Å². The molecule has 0 aliphatic heterocycles. The highest BCUT2D eigenvalue weighted by molar-refractivity contribution is 5.97. The number of aryl methyl sites for hydroxylation is 1. The number of rotatable bonds is 2. The van der Waals surface area contributed by atoms with Crippen LogP contribution in [0.25, 0.3) is 11.2 Å². The van der Waals surface area contributed by atoms with Crippen LogP contribution in [0.5, 0.6) is 0 Å². The van der Waals surface area contributed by atoms with Crippen LogP contribution < -0.4 is 5.56 Å². The van der Waals surface area contributed by atoms with Crippen LogP contribution in [0.4, 0.5) is 0 Å². The van der Waals surface area contributed by atoms with E-state index in [9.17, 15) is 9.59 Å². The summed E-state index contributed by atoms with van der Waals surface area (Å²) >= 11 is 0. The Bertz CT molecular complexity index is 580. The minimum atomic E-state index is -0.349. The molecule has 0 unspecified atom stereocenters. The second kappa shape index (κ2) is 3.34. The van der Waals surface area contributed by atoms with Crippen LogP contribution in [0, 0.1) is 0 Å². The molecule has 0 atom stereocenters. The summed E-state index contributed by atoms with van der Waals surface area (Å²) < 4.78 is 1.71. The van der Waals surface area contributed by atoms with Crippen molar-refractivity contribution < 1.29 is 4.79 Å². The molecule has 0 spiro atoms. The molecule has 1 N–H and O–H groups in total. The van der Waals surface area contributed by atoms with E-state index in [1.807, 2.05) is 0 Å². The smallest absolute Gasteiger partial charge is 0.260 e. The molecule has 2 rings (SSSR count). The fraction of sp³-hybridized carbons (Fsp3) is 0.300. The van der Waals surface area contributed by atoms with E-state index < -0.39 is 0 Å². The number of H-pyrrole nitrogens is 1. The van der Waals surface area contributed by atoms with Crippen LogP contribution in [-0.2, 0) is 7.05 Å². The number of aromatic amines is 1. The van der Waals surface area contributed by atoms with Gasteiger partial charge in [0.25, 0.3) is 5.56 Å². The molecule has 0 radical (unpaired) electrons. The molecule has 0 saturated carbocycles. The van der Waals surface area contributed by atoms with Crippen LogP contribution in [0.2, 0.25) is 0 Å². The lowest BCUT2D eigenvalue weighted by molar-refractivity contribution is 0.0987. The van der Waals surface area contributed by atoms with Crippen molar-refractivity contribution in [2.45, 2.75) is 13.3 Å². The molecule has 2 heterocycles. The van der Waals surface area contributed by atoms with Gasteiger partial charge in [-0.25, -0.2) is 4.98 Å². The zero-order chi connectivity index (χ0) is 11.0. The first-order chi connectivity index (χ1) is 7.13. The van der Waals surface area contributed by atoms with E-state index in [2.05, 4.69) is 9.97 Å². The van der Waals surface area contributed by atoms with Crippen LogP contribution in [0.1, 0.15) is 23.7 Å². The molecule has 78 valence electrons. The molecule has 0 bridgehead atoms. The summed E-state index contributed by atoms with van der Waals surface area (Å²) in [7, 11) is 1.78. The Balaban J connectivity index is 2.74. The second-order valence-corrected chi connectivity index (χ2v) is 3.38. The van der Waals surface area contributed by atoms with Crippen LogP contribution >= 0.6 is 0 Å². The number of nitrogens with one attached hydrogen (secondary N) is 1. The minimum absolute atomic E-state index is 0.163. The van der Waals surface area contributed by atoms with Crippen molar-refractivity contribution in [3.8, 4) is 0 Å². The number of Topliss-reactive ketones (excluding diaryl/α,β-unsaturated/α-hetero) is 1. The highest BCUT2D eigenvalue weighted by Crippen LogP contribution is 2.08. The van der Waals surface area contributed by atoms with E-state index >= 15 is 0 Å². The molecular formula is C10H11N3O2. The van der Waals surface area contributed by atoms with Crippen molar-refractivity contribution in [3.05, 3.63) is 28.3 Å². The number of aromatic nitrogens is 3. The van der Waals surface area contributed by atoms with Gasteiger partial charge in [0.05, 0.1) is 11.9 Å². The lowest BCUT2D eigenvalue weighted by atomic mass is 10.1. The standard InChI is InChI=1S/C10H11N3O2/c1-3-8(14)6-4-7-9(12-10(6)15)13(2)5-11-7/h4-5H,3H2,1-2H3,(H,12,15). The fourth-order valence-electron chi connectivity index (χ4n) is 1.48. The SMILES string of the molecule is CCC(=O)c1cc2ncn(C)c2[nH]c1=O. The summed E-state index contributed by atoms with van der Waals surface area (Å²) in [6.45, 7) is 1.73. The molecular weight excluding hydrogens is 194 g/mol. The zero-order valence-corrected chi connectivity index (χ0v) is 8.57. The normalized spacial score (nSPS) is 10.8. The average Bonchev–Trinajstić information content (AvgIpc) is 2.58. The lowest BCUT2D eigenvalue weighted by Gasteiger charge is -1.98. The highest BCUT2D eigenvalue weighted by Gasteiger charge is 2.11. The van der Waals surface area contributed by atoms with Gasteiger partial charge in [0.15, 0.2) is 5.78 Å². The maximum absolute atomic E-state index is 11.6. The third-order valence-corrected chi connectivity index (χ3v) is 2.34. The zero-order valence-electron chi connectivity index (χ0n) is 8.57. The van der Waals surface area contributed by atoms with Crippen molar-refractivity contribution in [1.82, 2.24) is 14.5 Å². The van der Waals surface area contributed by atoms with E-state index in [1.54, 1.807) is 30.9 Å². The molecule has 15 heavy (non-hydrogen) atoms. The second-order valence-electron chi connectivity index (χ2n) is 3.38. The third kappa shape index (κ3) is 1.45. The molecule has 0 fully saturated rings. The molecule has 0 aromatic carbocycles. The largest absolute Gasteiger partial charge is 0.320 e. The molecule has 0 amide bonds. The molecule has 5 heteroatoms. The monoisotopic (exact) mass is 205 g/mol. The Morgan fingerprint density at radius 1 is 1.60 bits per heavy atom. The van der Waals surface area contributed by atoms with E-state index in [0.717, 1.165) is 0 Å². The van der Waals surface area contributed by atoms with E-state index in [0.29, 0.717) is 17.6 Å². The molecule has 2 aromatic heterocycles. The first-order valence-electron chi connectivity index (χ1n) is 4.71. The summed E-state index contributed by atoms with van der Waals surface area (Å²) in [4.78, 5) is 29.7. The van der Waals surface area contributed by atoms with Gasteiger partial charge in [-0.15, -0.1) is 0 Å². The van der Waals surface area contributed by atoms with Gasteiger partial charge < -0.3 is 9.55 Å². The highest BCUT2D eigenvalue weighted by atomic mass is 16.1.